The number of amides is 1. The van der Waals surface area contributed by atoms with E-state index in [1.807, 2.05) is 51.1 Å². The van der Waals surface area contributed by atoms with Crippen LogP contribution in [0.25, 0.3) is 0 Å². The zero-order valence-electron chi connectivity index (χ0n) is 15.6. The SMILES string of the molecule is C#CCCCCCC(=O)CN(Cc1ccccc1)C(=O)OC(C)(C)C. The standard InChI is InChI=1S/C21H29NO3/c1-5-6-7-8-12-15-19(23)17-22(20(24)25-21(2,3)4)16-18-13-10-9-11-14-18/h1,9-11,13-14H,6-8,12,15-17H2,2-4H3. The van der Waals surface area contributed by atoms with Crippen LogP contribution >= 0.6 is 0 Å². The van der Waals surface area contributed by atoms with E-state index in [0.717, 1.165) is 31.2 Å². The van der Waals surface area contributed by atoms with Crippen molar-refractivity contribution in [3.05, 3.63) is 35.9 Å². The summed E-state index contributed by atoms with van der Waals surface area (Å²) in [4.78, 5) is 26.2. The normalized spacial score (nSPS) is 10.8. The van der Waals surface area contributed by atoms with E-state index in [-0.39, 0.29) is 12.3 Å². The third-order valence-corrected chi connectivity index (χ3v) is 3.51. The zero-order valence-corrected chi connectivity index (χ0v) is 15.6. The molecule has 1 aromatic carbocycles. The third-order valence-electron chi connectivity index (χ3n) is 3.51. The smallest absolute Gasteiger partial charge is 0.410 e. The molecule has 0 unspecified atom stereocenters. The number of terminal acetylenes is 1. The molecule has 1 aromatic rings. The molecule has 0 bridgehead atoms. The predicted octanol–water partition coefficient (Wildman–Crippen LogP) is 4.58. The van der Waals surface area contributed by atoms with Crippen molar-refractivity contribution < 1.29 is 14.3 Å². The Hall–Kier alpha value is -2.28. The lowest BCUT2D eigenvalue weighted by Gasteiger charge is -2.27. The Balaban J connectivity index is 2.62. The van der Waals surface area contributed by atoms with Gasteiger partial charge in [-0.1, -0.05) is 36.8 Å². The molecule has 0 aliphatic rings. The molecule has 1 amide bonds. The van der Waals surface area contributed by atoms with E-state index in [4.69, 9.17) is 11.2 Å². The highest BCUT2D eigenvalue weighted by molar-refractivity contribution is 5.84. The molecule has 4 heteroatoms. The summed E-state index contributed by atoms with van der Waals surface area (Å²) in [6.07, 6.45) is 8.62. The zero-order chi connectivity index (χ0) is 18.7. The number of ketones is 1. The van der Waals surface area contributed by atoms with Gasteiger partial charge >= 0.3 is 6.09 Å². The lowest BCUT2D eigenvalue weighted by molar-refractivity contribution is -0.120. The van der Waals surface area contributed by atoms with Gasteiger partial charge in [0.05, 0.1) is 6.54 Å². The van der Waals surface area contributed by atoms with Crippen LogP contribution in [-0.2, 0) is 16.1 Å². The highest BCUT2D eigenvalue weighted by atomic mass is 16.6. The van der Waals surface area contributed by atoms with Gasteiger partial charge < -0.3 is 4.74 Å². The minimum atomic E-state index is -0.593. The van der Waals surface area contributed by atoms with Crippen molar-refractivity contribution in [1.29, 1.82) is 0 Å². The van der Waals surface area contributed by atoms with Crippen LogP contribution < -0.4 is 0 Å². The summed E-state index contributed by atoms with van der Waals surface area (Å²) in [5, 5.41) is 0. The molecule has 0 fully saturated rings. The number of ether oxygens (including phenoxy) is 1. The molecule has 0 aliphatic carbocycles. The fraction of sp³-hybridized carbons (Fsp3) is 0.524. The number of hydrogen-bond acceptors (Lipinski definition) is 3. The molecule has 136 valence electrons. The maximum atomic E-state index is 12.4. The first-order valence-electron chi connectivity index (χ1n) is 8.79. The minimum Gasteiger partial charge on any atom is -0.444 e. The molecular formula is C21H29NO3. The van der Waals surface area contributed by atoms with E-state index in [1.54, 1.807) is 0 Å². The molecule has 0 saturated carbocycles. The summed E-state index contributed by atoms with van der Waals surface area (Å²) in [7, 11) is 0. The van der Waals surface area contributed by atoms with Crippen LogP contribution in [0.5, 0.6) is 0 Å². The molecule has 0 heterocycles. The van der Waals surface area contributed by atoms with Crippen molar-refractivity contribution in [3.8, 4) is 12.3 Å². The van der Waals surface area contributed by atoms with E-state index >= 15 is 0 Å². The van der Waals surface area contributed by atoms with Crippen LogP contribution in [0.4, 0.5) is 4.79 Å². The molecular weight excluding hydrogens is 314 g/mol. The van der Waals surface area contributed by atoms with Gasteiger partial charge in [-0.25, -0.2) is 4.79 Å². The molecule has 0 radical (unpaired) electrons. The number of unbranched alkanes of at least 4 members (excludes halogenated alkanes) is 3. The van der Waals surface area contributed by atoms with E-state index in [2.05, 4.69) is 5.92 Å². The molecule has 4 nitrogen and oxygen atoms in total. The average molecular weight is 343 g/mol. The topological polar surface area (TPSA) is 46.6 Å². The van der Waals surface area contributed by atoms with Crippen molar-refractivity contribution in [2.24, 2.45) is 0 Å². The highest BCUT2D eigenvalue weighted by Gasteiger charge is 2.24. The average Bonchev–Trinajstić information content (AvgIpc) is 2.53. The second kappa shape index (κ2) is 10.6. The lowest BCUT2D eigenvalue weighted by Crippen LogP contribution is -2.39. The summed E-state index contributed by atoms with van der Waals surface area (Å²) in [5.41, 5.74) is 0.375. The van der Waals surface area contributed by atoms with E-state index in [0.29, 0.717) is 13.0 Å². The first-order valence-corrected chi connectivity index (χ1v) is 8.79. The lowest BCUT2D eigenvalue weighted by atomic mass is 10.1. The van der Waals surface area contributed by atoms with Gasteiger partial charge in [0, 0.05) is 19.4 Å². The number of benzene rings is 1. The van der Waals surface area contributed by atoms with Gasteiger partial charge in [-0.3, -0.25) is 9.69 Å². The van der Waals surface area contributed by atoms with E-state index < -0.39 is 11.7 Å². The van der Waals surface area contributed by atoms with Gasteiger partial charge in [0.2, 0.25) is 0 Å². The highest BCUT2D eigenvalue weighted by Crippen LogP contribution is 2.13. The first kappa shape index (κ1) is 20.8. The number of carbonyl (C=O) groups excluding carboxylic acids is 2. The maximum absolute atomic E-state index is 12.4. The summed E-state index contributed by atoms with van der Waals surface area (Å²) >= 11 is 0. The summed E-state index contributed by atoms with van der Waals surface area (Å²) in [6.45, 7) is 5.88. The van der Waals surface area contributed by atoms with Gasteiger partial charge in [-0.15, -0.1) is 12.3 Å². The van der Waals surface area contributed by atoms with Crippen LogP contribution in [-0.4, -0.2) is 28.9 Å². The van der Waals surface area contributed by atoms with Gasteiger partial charge in [0.1, 0.15) is 5.60 Å². The number of carbonyl (C=O) groups is 2. The molecule has 0 aliphatic heterocycles. The fourth-order valence-corrected chi connectivity index (χ4v) is 2.33. The number of nitrogens with zero attached hydrogens (tertiary/aromatic N) is 1. The number of Topliss-reactive ketones (excluding diaryl/α,β-unsaturated/α-hetero) is 1. The third kappa shape index (κ3) is 9.56. The van der Waals surface area contributed by atoms with Crippen molar-refractivity contribution in [1.82, 2.24) is 4.90 Å². The minimum absolute atomic E-state index is 0.0440. The van der Waals surface area contributed by atoms with E-state index in [1.165, 1.54) is 4.90 Å². The van der Waals surface area contributed by atoms with Crippen LogP contribution in [0.15, 0.2) is 30.3 Å². The quantitative estimate of drug-likeness (QED) is 0.487. The summed E-state index contributed by atoms with van der Waals surface area (Å²) in [6, 6.07) is 9.61. The Morgan fingerprint density at radius 3 is 2.40 bits per heavy atom. The molecule has 0 aromatic heterocycles. The van der Waals surface area contributed by atoms with Gasteiger partial charge in [-0.2, -0.15) is 0 Å². The summed E-state index contributed by atoms with van der Waals surface area (Å²) < 4.78 is 5.44. The Kier molecular flexibility index (Phi) is 8.77. The Labute approximate surface area is 151 Å². The molecule has 1 rings (SSSR count). The van der Waals surface area contributed by atoms with E-state index in [9.17, 15) is 9.59 Å². The van der Waals surface area contributed by atoms with Crippen molar-refractivity contribution in [2.75, 3.05) is 6.54 Å². The summed E-state index contributed by atoms with van der Waals surface area (Å²) in [5.74, 6) is 2.64. The first-order chi connectivity index (χ1) is 11.8. The monoisotopic (exact) mass is 343 g/mol. The number of rotatable bonds is 9. The Morgan fingerprint density at radius 2 is 1.80 bits per heavy atom. The Bertz CT molecular complexity index is 581. The van der Waals surface area contributed by atoms with Crippen LogP contribution in [0, 0.1) is 12.3 Å². The molecule has 0 spiro atoms. The van der Waals surface area contributed by atoms with Gasteiger partial charge in [0.15, 0.2) is 5.78 Å². The fourth-order valence-electron chi connectivity index (χ4n) is 2.33. The molecule has 0 atom stereocenters. The second-order valence-corrected chi connectivity index (χ2v) is 7.13. The second-order valence-electron chi connectivity index (χ2n) is 7.13. The van der Waals surface area contributed by atoms with Gasteiger partial charge in [0.25, 0.3) is 0 Å². The maximum Gasteiger partial charge on any atom is 0.410 e. The number of hydrogen-bond donors (Lipinski definition) is 0. The van der Waals surface area contributed by atoms with Crippen LogP contribution in [0.1, 0.15) is 58.4 Å². The predicted molar refractivity (Wildman–Crippen MR) is 100 cm³/mol. The molecule has 0 saturated heterocycles. The van der Waals surface area contributed by atoms with Crippen molar-refractivity contribution >= 4 is 11.9 Å². The van der Waals surface area contributed by atoms with Gasteiger partial charge in [-0.05, 0) is 39.2 Å². The van der Waals surface area contributed by atoms with Crippen molar-refractivity contribution in [2.45, 2.75) is 65.0 Å². The van der Waals surface area contributed by atoms with Crippen LogP contribution in [0.2, 0.25) is 0 Å². The molecule has 25 heavy (non-hydrogen) atoms. The van der Waals surface area contributed by atoms with Crippen molar-refractivity contribution in [3.63, 3.8) is 0 Å². The molecule has 0 N–H and O–H groups in total. The van der Waals surface area contributed by atoms with Crippen LogP contribution in [0.3, 0.4) is 0 Å². The Morgan fingerprint density at radius 1 is 1.12 bits per heavy atom. The largest absolute Gasteiger partial charge is 0.444 e.